The monoisotopic (exact) mass is 252 g/mol. The summed E-state index contributed by atoms with van der Waals surface area (Å²) in [6.07, 6.45) is 0.952. The fraction of sp³-hybridized carbons (Fsp3) is 0.545. The molecule has 5 nitrogen and oxygen atoms in total. The summed E-state index contributed by atoms with van der Waals surface area (Å²) in [5, 5.41) is 11.0. The molecule has 0 aliphatic heterocycles. The Morgan fingerprint density at radius 1 is 1.35 bits per heavy atom. The van der Waals surface area contributed by atoms with Crippen LogP contribution in [0.3, 0.4) is 0 Å². The van der Waals surface area contributed by atoms with Crippen LogP contribution in [0.15, 0.2) is 9.80 Å². The van der Waals surface area contributed by atoms with Crippen molar-refractivity contribution >= 4 is 11.3 Å². The Hall–Kier alpha value is -1.27. The lowest BCUT2D eigenvalue weighted by Gasteiger charge is -2.12. The molecule has 0 unspecified atom stereocenters. The molecule has 2 aromatic rings. The van der Waals surface area contributed by atoms with Crippen LogP contribution in [0, 0.1) is 13.8 Å². The molecule has 92 valence electrons. The smallest absolute Gasteiger partial charge is 0.230 e. The molecule has 0 spiro atoms. The second kappa shape index (κ2) is 5.37. The topological polar surface area (TPSA) is 55.1 Å². The predicted molar refractivity (Wildman–Crippen MR) is 65.9 cm³/mol. The molecule has 0 aliphatic rings. The number of thiazole rings is 1. The Labute approximate surface area is 105 Å². The summed E-state index contributed by atoms with van der Waals surface area (Å²) in [5.41, 5.74) is 1.15. The summed E-state index contributed by atoms with van der Waals surface area (Å²) < 4.78 is 5.33. The molecule has 2 aromatic heterocycles. The fourth-order valence-corrected chi connectivity index (χ4v) is 2.19. The Bertz CT molecular complexity index is 479. The van der Waals surface area contributed by atoms with Crippen LogP contribution in [0.1, 0.15) is 22.5 Å². The van der Waals surface area contributed by atoms with Gasteiger partial charge in [-0.25, -0.2) is 4.98 Å². The van der Waals surface area contributed by atoms with Crippen LogP contribution in [-0.4, -0.2) is 33.7 Å². The van der Waals surface area contributed by atoms with Gasteiger partial charge in [0.1, 0.15) is 0 Å². The van der Waals surface area contributed by atoms with Gasteiger partial charge >= 0.3 is 0 Å². The van der Waals surface area contributed by atoms with E-state index < -0.39 is 0 Å². The minimum absolute atomic E-state index is 0.614. The van der Waals surface area contributed by atoms with Gasteiger partial charge in [0.2, 0.25) is 11.8 Å². The Morgan fingerprint density at radius 3 is 2.76 bits per heavy atom. The molecule has 0 radical (unpaired) electrons. The van der Waals surface area contributed by atoms with Crippen molar-refractivity contribution in [2.75, 3.05) is 13.6 Å². The molecular formula is C11H16N4OS. The van der Waals surface area contributed by atoms with E-state index >= 15 is 0 Å². The van der Waals surface area contributed by atoms with Crippen LogP contribution in [0.4, 0.5) is 0 Å². The van der Waals surface area contributed by atoms with Crippen LogP contribution >= 0.6 is 11.3 Å². The highest BCUT2D eigenvalue weighted by atomic mass is 32.1. The zero-order valence-corrected chi connectivity index (χ0v) is 11.1. The second-order valence-electron chi connectivity index (χ2n) is 4.06. The van der Waals surface area contributed by atoms with Gasteiger partial charge in [-0.15, -0.1) is 21.5 Å². The maximum atomic E-state index is 5.33. The van der Waals surface area contributed by atoms with E-state index in [1.807, 2.05) is 14.0 Å². The molecule has 2 heterocycles. The number of aromatic nitrogens is 3. The SMILES string of the molecule is Cc1nnc(CN(C)CCc2csc(C)n2)o1. The highest BCUT2D eigenvalue weighted by Gasteiger charge is 2.07. The van der Waals surface area contributed by atoms with Crippen molar-refractivity contribution in [3.63, 3.8) is 0 Å². The van der Waals surface area contributed by atoms with Crippen molar-refractivity contribution in [1.82, 2.24) is 20.1 Å². The molecule has 2 rings (SSSR count). The van der Waals surface area contributed by atoms with Crippen molar-refractivity contribution in [3.8, 4) is 0 Å². The number of hydrogen-bond acceptors (Lipinski definition) is 6. The number of likely N-dealkylation sites (N-methyl/N-ethyl adjacent to an activating group) is 1. The van der Waals surface area contributed by atoms with Crippen molar-refractivity contribution in [2.24, 2.45) is 0 Å². The van der Waals surface area contributed by atoms with E-state index in [0.29, 0.717) is 18.3 Å². The first-order chi connectivity index (χ1) is 8.13. The highest BCUT2D eigenvalue weighted by molar-refractivity contribution is 7.09. The van der Waals surface area contributed by atoms with Crippen LogP contribution in [0.2, 0.25) is 0 Å². The van der Waals surface area contributed by atoms with Crippen LogP contribution in [-0.2, 0) is 13.0 Å². The first-order valence-electron chi connectivity index (χ1n) is 5.52. The normalized spacial score (nSPS) is 11.3. The third-order valence-electron chi connectivity index (χ3n) is 2.39. The van der Waals surface area contributed by atoms with E-state index in [0.717, 1.165) is 23.7 Å². The minimum Gasteiger partial charge on any atom is -0.424 e. The summed E-state index contributed by atoms with van der Waals surface area (Å²) in [4.78, 5) is 6.59. The van der Waals surface area contributed by atoms with Crippen molar-refractivity contribution in [1.29, 1.82) is 0 Å². The first kappa shape index (κ1) is 12.2. The molecule has 0 saturated heterocycles. The zero-order valence-electron chi connectivity index (χ0n) is 10.3. The first-order valence-corrected chi connectivity index (χ1v) is 6.40. The van der Waals surface area contributed by atoms with Crippen LogP contribution in [0.25, 0.3) is 0 Å². The highest BCUT2D eigenvalue weighted by Crippen LogP contribution is 2.09. The summed E-state index contributed by atoms with van der Waals surface area (Å²) in [5.74, 6) is 1.28. The molecule has 6 heteroatoms. The lowest BCUT2D eigenvalue weighted by Crippen LogP contribution is -2.21. The van der Waals surface area contributed by atoms with Gasteiger partial charge in [-0.2, -0.15) is 0 Å². The lowest BCUT2D eigenvalue weighted by molar-refractivity contribution is 0.288. The van der Waals surface area contributed by atoms with E-state index in [4.69, 9.17) is 4.42 Å². The van der Waals surface area contributed by atoms with Gasteiger partial charge < -0.3 is 4.42 Å². The van der Waals surface area contributed by atoms with Crippen molar-refractivity contribution in [2.45, 2.75) is 26.8 Å². The minimum atomic E-state index is 0.614. The van der Waals surface area contributed by atoms with E-state index in [9.17, 15) is 0 Å². The third-order valence-corrected chi connectivity index (χ3v) is 3.21. The third kappa shape index (κ3) is 3.61. The molecule has 0 bridgehead atoms. The fourth-order valence-electron chi connectivity index (χ4n) is 1.54. The molecule has 0 amide bonds. The van der Waals surface area contributed by atoms with Crippen molar-refractivity contribution in [3.05, 3.63) is 27.9 Å². The molecular weight excluding hydrogens is 236 g/mol. The van der Waals surface area contributed by atoms with Gasteiger partial charge in [0, 0.05) is 25.3 Å². The van der Waals surface area contributed by atoms with Gasteiger partial charge in [-0.1, -0.05) is 0 Å². The largest absolute Gasteiger partial charge is 0.424 e. The standard InChI is InChI=1S/C11H16N4OS/c1-8-13-14-11(16-8)6-15(3)5-4-10-7-17-9(2)12-10/h7H,4-6H2,1-3H3. The predicted octanol–water partition coefficient (Wildman–Crippen LogP) is 1.82. The van der Waals surface area contributed by atoms with Gasteiger partial charge in [-0.3, -0.25) is 4.90 Å². The average Bonchev–Trinajstić information content (AvgIpc) is 2.85. The number of aryl methyl sites for hydroxylation is 2. The second-order valence-corrected chi connectivity index (χ2v) is 5.12. The van der Waals surface area contributed by atoms with Gasteiger partial charge in [0.05, 0.1) is 17.2 Å². The molecule has 0 aromatic carbocycles. The average molecular weight is 252 g/mol. The van der Waals surface area contributed by atoms with Gasteiger partial charge in [0.15, 0.2) is 0 Å². The Morgan fingerprint density at radius 2 is 2.18 bits per heavy atom. The van der Waals surface area contributed by atoms with Crippen LogP contribution in [0.5, 0.6) is 0 Å². The maximum Gasteiger partial charge on any atom is 0.230 e. The molecule has 0 N–H and O–H groups in total. The van der Waals surface area contributed by atoms with E-state index in [1.165, 1.54) is 0 Å². The number of nitrogens with zero attached hydrogens (tertiary/aromatic N) is 4. The Kier molecular flexibility index (Phi) is 3.86. The summed E-state index contributed by atoms with van der Waals surface area (Å²) in [7, 11) is 2.04. The number of rotatable bonds is 5. The van der Waals surface area contributed by atoms with Gasteiger partial charge in [0.25, 0.3) is 0 Å². The lowest BCUT2D eigenvalue weighted by atomic mass is 10.3. The molecule has 17 heavy (non-hydrogen) atoms. The van der Waals surface area contributed by atoms with Crippen molar-refractivity contribution < 1.29 is 4.42 Å². The number of hydrogen-bond donors (Lipinski definition) is 0. The zero-order chi connectivity index (χ0) is 12.3. The Balaban J connectivity index is 1.79. The molecule has 0 fully saturated rings. The van der Waals surface area contributed by atoms with E-state index in [2.05, 4.69) is 25.5 Å². The molecule has 0 aliphatic carbocycles. The van der Waals surface area contributed by atoms with E-state index in [-0.39, 0.29) is 0 Å². The van der Waals surface area contributed by atoms with Gasteiger partial charge in [-0.05, 0) is 14.0 Å². The molecule has 0 atom stereocenters. The van der Waals surface area contributed by atoms with E-state index in [1.54, 1.807) is 18.3 Å². The quantitative estimate of drug-likeness (QED) is 0.812. The summed E-state index contributed by atoms with van der Waals surface area (Å²) in [6.45, 7) is 5.45. The molecule has 0 saturated carbocycles. The van der Waals surface area contributed by atoms with Crippen LogP contribution < -0.4 is 0 Å². The summed E-state index contributed by atoms with van der Waals surface area (Å²) >= 11 is 1.69. The summed E-state index contributed by atoms with van der Waals surface area (Å²) in [6, 6.07) is 0. The maximum absolute atomic E-state index is 5.33.